The Kier molecular flexibility index (Phi) is 12.3. The van der Waals surface area contributed by atoms with Crippen LogP contribution in [0.15, 0.2) is 18.2 Å². The minimum absolute atomic E-state index is 0.0170. The van der Waals surface area contributed by atoms with Crippen LogP contribution in [0.2, 0.25) is 0 Å². The van der Waals surface area contributed by atoms with Gasteiger partial charge in [0.2, 0.25) is 0 Å². The van der Waals surface area contributed by atoms with Gasteiger partial charge in [-0.2, -0.15) is 0 Å². The molecule has 0 spiro atoms. The zero-order valence-electron chi connectivity index (χ0n) is 17.4. The van der Waals surface area contributed by atoms with Crippen LogP contribution in [-0.2, 0) is 0 Å². The highest BCUT2D eigenvalue weighted by Gasteiger charge is 2.15. The molecule has 0 aliphatic rings. The van der Waals surface area contributed by atoms with Crippen molar-refractivity contribution in [3.05, 3.63) is 28.3 Å². The fraction of sp³-hybridized carbons (Fsp3) is 0.727. The van der Waals surface area contributed by atoms with Gasteiger partial charge in [-0.25, -0.2) is 0 Å². The molecule has 0 aromatic heterocycles. The third-order valence-corrected chi connectivity index (χ3v) is 5.14. The molecule has 1 aromatic carbocycles. The number of nitro groups is 1. The van der Waals surface area contributed by atoms with Gasteiger partial charge < -0.3 is 10.6 Å². The second-order valence-electron chi connectivity index (χ2n) is 7.52. The van der Waals surface area contributed by atoms with Gasteiger partial charge in [0.05, 0.1) is 4.92 Å². The monoisotopic (exact) mass is 377 g/mol. The lowest BCUT2D eigenvalue weighted by Gasteiger charge is -2.25. The van der Waals surface area contributed by atoms with Crippen LogP contribution < -0.4 is 10.6 Å². The topological polar surface area (TPSA) is 72.4 Å². The number of nitrogens with two attached hydrogens (primary N) is 1. The number of rotatable bonds is 16. The van der Waals surface area contributed by atoms with Crippen molar-refractivity contribution in [1.82, 2.24) is 0 Å². The van der Waals surface area contributed by atoms with Gasteiger partial charge in [-0.15, -0.1) is 0 Å². The average Bonchev–Trinajstić information content (AvgIpc) is 2.66. The van der Waals surface area contributed by atoms with Crippen molar-refractivity contribution in [2.24, 2.45) is 0 Å². The summed E-state index contributed by atoms with van der Waals surface area (Å²) in [5.41, 5.74) is 6.95. The molecule has 5 heteroatoms. The molecule has 27 heavy (non-hydrogen) atoms. The van der Waals surface area contributed by atoms with E-state index in [0.29, 0.717) is 0 Å². The maximum Gasteiger partial charge on any atom is 0.294 e. The Balaban J connectivity index is 2.61. The van der Waals surface area contributed by atoms with Gasteiger partial charge in [-0.05, 0) is 25.0 Å². The zero-order valence-corrected chi connectivity index (χ0v) is 17.4. The van der Waals surface area contributed by atoms with Gasteiger partial charge in [0, 0.05) is 24.8 Å². The SMILES string of the molecule is CCCCCCCCN(CCCCCCCC)c1ccc(N)c([N+](=O)[O-])c1. The van der Waals surface area contributed by atoms with Crippen molar-refractivity contribution < 1.29 is 4.92 Å². The molecule has 0 aliphatic heterocycles. The molecule has 0 amide bonds. The van der Waals surface area contributed by atoms with Gasteiger partial charge in [-0.3, -0.25) is 10.1 Å². The predicted octanol–water partition coefficient (Wildman–Crippen LogP) is 6.70. The molecule has 0 saturated heterocycles. The lowest BCUT2D eigenvalue weighted by atomic mass is 10.1. The first-order valence-corrected chi connectivity index (χ1v) is 10.9. The summed E-state index contributed by atoms with van der Waals surface area (Å²) in [5, 5.41) is 11.2. The molecule has 0 aliphatic carbocycles. The fourth-order valence-electron chi connectivity index (χ4n) is 3.42. The Hall–Kier alpha value is -1.78. The van der Waals surface area contributed by atoms with E-state index in [-0.39, 0.29) is 16.3 Å². The van der Waals surface area contributed by atoms with Crippen molar-refractivity contribution in [2.45, 2.75) is 90.9 Å². The summed E-state index contributed by atoms with van der Waals surface area (Å²) in [6.45, 7) is 6.39. The van der Waals surface area contributed by atoms with E-state index in [1.165, 1.54) is 64.2 Å². The number of benzene rings is 1. The van der Waals surface area contributed by atoms with Crippen LogP contribution in [0, 0.1) is 10.1 Å². The fourth-order valence-corrected chi connectivity index (χ4v) is 3.42. The summed E-state index contributed by atoms with van der Waals surface area (Å²) in [4.78, 5) is 13.2. The smallest absolute Gasteiger partial charge is 0.294 e. The molecule has 1 rings (SSSR count). The number of nitrogens with zero attached hydrogens (tertiary/aromatic N) is 2. The van der Waals surface area contributed by atoms with Crippen molar-refractivity contribution in [3.63, 3.8) is 0 Å². The van der Waals surface area contributed by atoms with Crippen molar-refractivity contribution in [1.29, 1.82) is 0 Å². The molecule has 1 aromatic rings. The molecule has 0 bridgehead atoms. The molecule has 0 atom stereocenters. The molecule has 2 N–H and O–H groups in total. The third-order valence-electron chi connectivity index (χ3n) is 5.14. The molecule has 154 valence electrons. The predicted molar refractivity (Wildman–Crippen MR) is 116 cm³/mol. The summed E-state index contributed by atoms with van der Waals surface area (Å²) < 4.78 is 0. The number of nitro benzene ring substituents is 1. The van der Waals surface area contributed by atoms with Crippen molar-refractivity contribution in [3.8, 4) is 0 Å². The first kappa shape index (κ1) is 23.3. The maximum absolute atomic E-state index is 11.2. The molecule has 5 nitrogen and oxygen atoms in total. The molecule has 0 radical (unpaired) electrons. The van der Waals surface area contributed by atoms with Crippen LogP contribution in [-0.4, -0.2) is 18.0 Å². The first-order valence-electron chi connectivity index (χ1n) is 10.9. The van der Waals surface area contributed by atoms with Crippen LogP contribution in [0.5, 0.6) is 0 Å². The van der Waals surface area contributed by atoms with Gasteiger partial charge in [0.25, 0.3) is 5.69 Å². The molecule has 0 fully saturated rings. The van der Waals surface area contributed by atoms with E-state index in [1.807, 2.05) is 6.07 Å². The summed E-state index contributed by atoms with van der Waals surface area (Å²) >= 11 is 0. The van der Waals surface area contributed by atoms with E-state index < -0.39 is 0 Å². The second-order valence-corrected chi connectivity index (χ2v) is 7.52. The highest BCUT2D eigenvalue weighted by Crippen LogP contribution is 2.28. The van der Waals surface area contributed by atoms with E-state index >= 15 is 0 Å². The van der Waals surface area contributed by atoms with Crippen LogP contribution >= 0.6 is 0 Å². The van der Waals surface area contributed by atoms with Gasteiger partial charge in [0.15, 0.2) is 0 Å². The zero-order chi connectivity index (χ0) is 19.9. The standard InChI is InChI=1S/C22H39N3O2/c1-3-5-7-9-11-13-17-24(18-14-12-10-8-6-4-2)20-15-16-21(23)22(19-20)25(26)27/h15-16,19H,3-14,17-18,23H2,1-2H3. The lowest BCUT2D eigenvalue weighted by molar-refractivity contribution is -0.383. The van der Waals surface area contributed by atoms with E-state index in [0.717, 1.165) is 31.6 Å². The lowest BCUT2D eigenvalue weighted by Crippen LogP contribution is -2.26. The highest BCUT2D eigenvalue weighted by atomic mass is 16.6. The van der Waals surface area contributed by atoms with Gasteiger partial charge >= 0.3 is 0 Å². The third kappa shape index (κ3) is 9.64. The van der Waals surface area contributed by atoms with E-state index in [4.69, 9.17) is 5.73 Å². The van der Waals surface area contributed by atoms with Gasteiger partial charge in [0.1, 0.15) is 5.69 Å². The minimum Gasteiger partial charge on any atom is -0.393 e. The summed E-state index contributed by atoms with van der Waals surface area (Å²) in [6, 6.07) is 5.24. The normalized spacial score (nSPS) is 10.9. The Labute approximate surface area is 165 Å². The maximum atomic E-state index is 11.2. The summed E-state index contributed by atoms with van der Waals surface area (Å²) in [6.07, 6.45) is 15.0. The Morgan fingerprint density at radius 3 is 1.81 bits per heavy atom. The van der Waals surface area contributed by atoms with Crippen molar-refractivity contribution in [2.75, 3.05) is 23.7 Å². The summed E-state index contributed by atoms with van der Waals surface area (Å²) in [5.74, 6) is 0. The average molecular weight is 378 g/mol. The Bertz CT molecular complexity index is 518. The molecular weight excluding hydrogens is 338 g/mol. The molecule has 0 unspecified atom stereocenters. The van der Waals surface area contributed by atoms with Gasteiger partial charge in [-0.1, -0.05) is 78.1 Å². The quantitative estimate of drug-likeness (QED) is 0.150. The summed E-state index contributed by atoms with van der Waals surface area (Å²) in [7, 11) is 0. The van der Waals surface area contributed by atoms with E-state index in [2.05, 4.69) is 18.7 Å². The van der Waals surface area contributed by atoms with Crippen LogP contribution in [0.4, 0.5) is 17.1 Å². The molecule has 0 saturated carbocycles. The van der Waals surface area contributed by atoms with Crippen LogP contribution in [0.25, 0.3) is 0 Å². The minimum atomic E-state index is -0.382. The van der Waals surface area contributed by atoms with Crippen LogP contribution in [0.3, 0.4) is 0 Å². The van der Waals surface area contributed by atoms with E-state index in [9.17, 15) is 10.1 Å². The Morgan fingerprint density at radius 2 is 1.33 bits per heavy atom. The molecular formula is C22H39N3O2. The number of hydrogen-bond acceptors (Lipinski definition) is 4. The largest absolute Gasteiger partial charge is 0.393 e. The highest BCUT2D eigenvalue weighted by molar-refractivity contribution is 5.66. The number of anilines is 2. The molecule has 0 heterocycles. The Morgan fingerprint density at radius 1 is 0.852 bits per heavy atom. The second kappa shape index (κ2) is 14.3. The number of hydrogen-bond donors (Lipinski definition) is 1. The van der Waals surface area contributed by atoms with Crippen molar-refractivity contribution >= 4 is 17.1 Å². The first-order chi connectivity index (χ1) is 13.1. The number of nitrogen functional groups attached to an aromatic ring is 1. The van der Waals surface area contributed by atoms with Crippen LogP contribution in [0.1, 0.15) is 90.9 Å². The van der Waals surface area contributed by atoms with E-state index in [1.54, 1.807) is 12.1 Å². The number of unbranched alkanes of at least 4 members (excludes halogenated alkanes) is 10.